The number of aliphatic hydroxyl groups excluding tert-OH is 1. The third-order valence-electron chi connectivity index (χ3n) is 4.19. The molecule has 1 aromatic carbocycles. The van der Waals surface area contributed by atoms with Gasteiger partial charge in [-0.25, -0.2) is 0 Å². The highest BCUT2D eigenvalue weighted by atomic mass is 28.3. The van der Waals surface area contributed by atoms with Gasteiger partial charge in [0.1, 0.15) is 12.1 Å². The van der Waals surface area contributed by atoms with E-state index in [-0.39, 0.29) is 5.54 Å². The molecular weight excluding hydrogens is 286 g/mol. The molecule has 6 nitrogen and oxygen atoms in total. The lowest BCUT2D eigenvalue weighted by molar-refractivity contribution is -0.145. The molecule has 1 aromatic rings. The molecule has 4 atom stereocenters. The Morgan fingerprint density at radius 1 is 1.38 bits per heavy atom. The number of carbonyl (C=O) groups excluding carboxylic acids is 1. The highest BCUT2D eigenvalue weighted by Gasteiger charge is 2.54. The first-order valence-corrected chi connectivity index (χ1v) is 9.95. The van der Waals surface area contributed by atoms with E-state index in [1.54, 1.807) is 6.92 Å². The number of nitrogens with zero attached hydrogens (tertiary/aromatic N) is 3. The lowest BCUT2D eigenvalue weighted by atomic mass is 10.1. The van der Waals surface area contributed by atoms with Crippen LogP contribution in [0.5, 0.6) is 0 Å². The maximum absolute atomic E-state index is 12.0. The van der Waals surface area contributed by atoms with Crippen LogP contribution in [0.4, 0.5) is 0 Å². The number of benzene rings is 1. The van der Waals surface area contributed by atoms with E-state index in [0.717, 1.165) is 5.19 Å². The van der Waals surface area contributed by atoms with Gasteiger partial charge in [0.2, 0.25) is 0 Å². The Bertz CT molecular complexity index is 570. The van der Waals surface area contributed by atoms with Gasteiger partial charge in [-0.3, -0.25) is 4.79 Å². The van der Waals surface area contributed by atoms with Crippen LogP contribution in [0.25, 0.3) is 10.4 Å². The predicted octanol–water partition coefficient (Wildman–Crippen LogP) is 1.96. The van der Waals surface area contributed by atoms with Gasteiger partial charge >= 0.3 is 5.97 Å². The van der Waals surface area contributed by atoms with Gasteiger partial charge in [0.25, 0.3) is 0 Å². The van der Waals surface area contributed by atoms with Crippen molar-refractivity contribution in [3.05, 3.63) is 40.8 Å². The number of aliphatic hydroxyl groups is 1. The average molecular weight is 305 g/mol. The van der Waals surface area contributed by atoms with Crippen molar-refractivity contribution in [2.24, 2.45) is 5.11 Å². The molecule has 0 aromatic heterocycles. The van der Waals surface area contributed by atoms with Gasteiger partial charge in [-0.15, -0.1) is 0 Å². The number of carbonyl (C=O) groups is 1. The van der Waals surface area contributed by atoms with Crippen LogP contribution in [0.15, 0.2) is 35.4 Å². The summed E-state index contributed by atoms with van der Waals surface area (Å²) < 4.78 is 5.29. The quantitative estimate of drug-likeness (QED) is 0.303. The molecule has 0 unspecified atom stereocenters. The van der Waals surface area contributed by atoms with Crippen LogP contribution in [0.1, 0.15) is 6.92 Å². The molecule has 1 saturated heterocycles. The molecule has 0 aliphatic carbocycles. The van der Waals surface area contributed by atoms with Crippen molar-refractivity contribution in [2.45, 2.75) is 43.8 Å². The molecule has 1 fully saturated rings. The fourth-order valence-corrected chi connectivity index (χ4v) is 6.64. The maximum Gasteiger partial charge on any atom is 0.315 e. The Morgan fingerprint density at radius 2 is 2.00 bits per heavy atom. The standard InChI is InChI=1S/C14H19N3O3Si/c1-9(18)12-13(11(16-17-15)14(19)20-12)21(2,3)10-7-5-4-6-8-10/h4-9,11-13,18H,1-3H3/t9-,11-,12+,13+/m1/s1. The number of hydrogen-bond donors (Lipinski definition) is 1. The van der Waals surface area contributed by atoms with Gasteiger partial charge in [-0.2, -0.15) is 0 Å². The van der Waals surface area contributed by atoms with E-state index >= 15 is 0 Å². The summed E-state index contributed by atoms with van der Waals surface area (Å²) in [7, 11) is -2.19. The van der Waals surface area contributed by atoms with E-state index in [1.165, 1.54) is 0 Å². The van der Waals surface area contributed by atoms with E-state index in [0.29, 0.717) is 0 Å². The molecule has 7 heteroatoms. The Kier molecular flexibility index (Phi) is 4.36. The molecule has 0 radical (unpaired) electrons. The Morgan fingerprint density at radius 3 is 2.52 bits per heavy atom. The maximum atomic E-state index is 12.0. The molecule has 1 heterocycles. The summed E-state index contributed by atoms with van der Waals surface area (Å²) in [5, 5.41) is 14.7. The minimum Gasteiger partial charge on any atom is -0.459 e. The number of hydrogen-bond acceptors (Lipinski definition) is 4. The van der Waals surface area contributed by atoms with Crippen molar-refractivity contribution >= 4 is 19.2 Å². The molecule has 112 valence electrons. The summed E-state index contributed by atoms with van der Waals surface area (Å²) in [4.78, 5) is 14.8. The van der Waals surface area contributed by atoms with Crippen LogP contribution < -0.4 is 5.19 Å². The third kappa shape index (κ3) is 2.81. The number of esters is 1. The normalized spacial score (nSPS) is 26.9. The Balaban J connectivity index is 2.49. The molecule has 1 aliphatic heterocycles. The van der Waals surface area contributed by atoms with E-state index in [4.69, 9.17) is 10.3 Å². The molecule has 21 heavy (non-hydrogen) atoms. The zero-order valence-electron chi connectivity index (χ0n) is 12.3. The molecule has 0 spiro atoms. The summed E-state index contributed by atoms with van der Waals surface area (Å²) in [6.45, 7) is 5.80. The molecule has 0 saturated carbocycles. The minimum atomic E-state index is -2.19. The fourth-order valence-electron chi connectivity index (χ4n) is 3.04. The molecule has 2 rings (SSSR count). The minimum absolute atomic E-state index is 0.289. The van der Waals surface area contributed by atoms with Gasteiger partial charge in [-0.05, 0) is 12.5 Å². The number of azide groups is 1. The number of ether oxygens (including phenoxy) is 1. The first-order valence-electron chi connectivity index (χ1n) is 6.88. The summed E-state index contributed by atoms with van der Waals surface area (Å²) in [6.07, 6.45) is -1.43. The van der Waals surface area contributed by atoms with Crippen molar-refractivity contribution in [3.63, 3.8) is 0 Å². The van der Waals surface area contributed by atoms with Crippen LogP contribution in [-0.2, 0) is 9.53 Å². The Hall–Kier alpha value is -1.82. The summed E-state index contributed by atoms with van der Waals surface area (Å²) in [5.74, 6) is -0.541. The second kappa shape index (κ2) is 5.89. The van der Waals surface area contributed by atoms with E-state index in [1.807, 2.05) is 30.3 Å². The van der Waals surface area contributed by atoms with Gasteiger partial charge in [0.15, 0.2) is 0 Å². The van der Waals surface area contributed by atoms with Crippen LogP contribution in [0.2, 0.25) is 18.6 Å². The van der Waals surface area contributed by atoms with E-state index in [2.05, 4.69) is 23.1 Å². The second-order valence-electron chi connectivity index (χ2n) is 5.91. The molecule has 0 bridgehead atoms. The smallest absolute Gasteiger partial charge is 0.315 e. The predicted molar refractivity (Wildman–Crippen MR) is 81.8 cm³/mol. The van der Waals surface area contributed by atoms with Gasteiger partial charge < -0.3 is 9.84 Å². The van der Waals surface area contributed by atoms with Crippen LogP contribution in [0, 0.1) is 0 Å². The molecule has 1 aliphatic rings. The van der Waals surface area contributed by atoms with Gasteiger partial charge in [0, 0.05) is 10.5 Å². The molecular formula is C14H19N3O3Si. The largest absolute Gasteiger partial charge is 0.459 e. The second-order valence-corrected chi connectivity index (χ2v) is 10.6. The molecule has 1 N–H and O–H groups in total. The third-order valence-corrected chi connectivity index (χ3v) is 8.32. The topological polar surface area (TPSA) is 95.3 Å². The first-order chi connectivity index (χ1) is 9.89. The number of cyclic esters (lactones) is 1. The summed E-state index contributed by atoms with van der Waals surface area (Å²) in [5.41, 5.74) is 8.44. The fraction of sp³-hybridized carbons (Fsp3) is 0.500. The SMILES string of the molecule is C[C@@H](O)[C@@H]1OC(=O)[C@H](N=[N+]=[N-])[C@@H]1[Si](C)(C)c1ccccc1. The monoisotopic (exact) mass is 305 g/mol. The van der Waals surface area contributed by atoms with Crippen LogP contribution >= 0.6 is 0 Å². The van der Waals surface area contributed by atoms with Crippen molar-refractivity contribution in [1.82, 2.24) is 0 Å². The zero-order valence-corrected chi connectivity index (χ0v) is 13.3. The van der Waals surface area contributed by atoms with Crippen molar-refractivity contribution in [1.29, 1.82) is 0 Å². The lowest BCUT2D eigenvalue weighted by Gasteiger charge is -2.35. The zero-order chi connectivity index (χ0) is 15.6. The van der Waals surface area contributed by atoms with Crippen molar-refractivity contribution in [3.8, 4) is 0 Å². The highest BCUT2D eigenvalue weighted by molar-refractivity contribution is 6.91. The van der Waals surface area contributed by atoms with Crippen molar-refractivity contribution < 1.29 is 14.6 Å². The first kappa shape index (κ1) is 15.6. The lowest BCUT2D eigenvalue weighted by Crippen LogP contribution is -2.53. The summed E-state index contributed by atoms with van der Waals surface area (Å²) >= 11 is 0. The van der Waals surface area contributed by atoms with Gasteiger partial charge in [0.05, 0.1) is 14.2 Å². The van der Waals surface area contributed by atoms with Gasteiger partial charge in [-0.1, -0.05) is 53.7 Å². The average Bonchev–Trinajstić information content (AvgIpc) is 2.78. The van der Waals surface area contributed by atoms with Crippen LogP contribution in [0.3, 0.4) is 0 Å². The van der Waals surface area contributed by atoms with E-state index in [9.17, 15) is 9.90 Å². The van der Waals surface area contributed by atoms with Crippen molar-refractivity contribution in [2.75, 3.05) is 0 Å². The van der Waals surface area contributed by atoms with E-state index < -0.39 is 32.3 Å². The molecule has 0 amide bonds. The van der Waals surface area contributed by atoms with Crippen LogP contribution in [-0.4, -0.2) is 37.4 Å². The highest BCUT2D eigenvalue weighted by Crippen LogP contribution is 2.40. The Labute approximate surface area is 124 Å². The number of rotatable bonds is 4. The summed E-state index contributed by atoms with van der Waals surface area (Å²) in [6, 6.07) is 8.99.